The molecule has 4 aromatic rings. The number of hydrogen-bond acceptors (Lipinski definition) is 6. The molecule has 2 N–H and O–H groups in total. The maximum absolute atomic E-state index is 13.6. The number of aromatic nitrogens is 3. The van der Waals surface area contributed by atoms with Crippen molar-refractivity contribution >= 4 is 45.2 Å². The number of benzene rings is 2. The normalized spacial score (nSPS) is 14.2. The molecule has 0 bridgehead atoms. The lowest BCUT2D eigenvalue weighted by molar-refractivity contribution is 0.0240. The first-order valence-electron chi connectivity index (χ1n) is 13.1. The van der Waals surface area contributed by atoms with E-state index >= 15 is 0 Å². The molecule has 10 heteroatoms. The third kappa shape index (κ3) is 5.10. The lowest BCUT2D eigenvalue weighted by atomic mass is 10.1. The number of nitrogens with one attached hydrogen (secondary N) is 2. The molecule has 2 aromatic carbocycles. The Balaban J connectivity index is 1.40. The van der Waals surface area contributed by atoms with Gasteiger partial charge in [0.05, 0.1) is 29.4 Å². The molecule has 0 saturated carbocycles. The van der Waals surface area contributed by atoms with Gasteiger partial charge in [0.15, 0.2) is 0 Å². The number of H-pyrrole nitrogens is 1. The van der Waals surface area contributed by atoms with Crippen LogP contribution in [0.25, 0.3) is 21.8 Å². The number of aryl methyl sites for hydroxylation is 3. The zero-order valence-corrected chi connectivity index (χ0v) is 23.6. The summed E-state index contributed by atoms with van der Waals surface area (Å²) in [5.41, 5.74) is 5.09. The maximum Gasteiger partial charge on any atom is 0.410 e. The van der Waals surface area contributed by atoms with Crippen LogP contribution in [0.1, 0.15) is 42.4 Å². The number of carbonyl (C=O) groups excluding carboxylic acids is 2. The molecule has 3 heterocycles. The Morgan fingerprint density at radius 3 is 2.46 bits per heavy atom. The van der Waals surface area contributed by atoms with Crippen LogP contribution < -0.4 is 15.0 Å². The molecule has 1 saturated heterocycles. The van der Waals surface area contributed by atoms with Crippen LogP contribution in [0.15, 0.2) is 30.5 Å². The number of amides is 2. The average molecular weight is 533 g/mol. The number of carbonyl (C=O) groups is 2. The fourth-order valence-electron chi connectivity index (χ4n) is 5.24. The highest BCUT2D eigenvalue weighted by molar-refractivity contribution is 6.15. The molecule has 2 amide bonds. The topological polar surface area (TPSA) is 105 Å². The molecule has 0 unspecified atom stereocenters. The summed E-state index contributed by atoms with van der Waals surface area (Å²) in [7, 11) is 3.46. The van der Waals surface area contributed by atoms with Crippen molar-refractivity contribution in [2.24, 2.45) is 7.05 Å². The van der Waals surface area contributed by atoms with Gasteiger partial charge < -0.3 is 29.6 Å². The number of nitrogens with zero attached hydrogens (tertiary/aromatic N) is 4. The van der Waals surface area contributed by atoms with Crippen LogP contribution in [-0.2, 0) is 11.8 Å². The van der Waals surface area contributed by atoms with Gasteiger partial charge in [-0.2, -0.15) is 5.10 Å². The lowest BCUT2D eigenvalue weighted by Gasteiger charge is -2.37. The molecule has 0 spiro atoms. The Morgan fingerprint density at radius 1 is 1.08 bits per heavy atom. The summed E-state index contributed by atoms with van der Waals surface area (Å²) in [5.74, 6) is 0.358. The molecule has 5 rings (SSSR count). The smallest absolute Gasteiger partial charge is 0.410 e. The molecule has 1 aliphatic rings. The standard InChI is InChI=1S/C29H36N6O4/c1-17-14-21-23(34-10-12-35(13-11-34)28(37)39-29(3,4)5)9-8-20(25(21)30-17)27(36)31-22-15-19-16-33(6)32-24(19)18(2)26(22)38-7/h8-9,14-16,30H,10-13H2,1-7H3,(H,31,36). The Bertz CT molecular complexity index is 1570. The fraction of sp³-hybridized carbons (Fsp3) is 0.414. The number of methoxy groups -OCH3 is 1. The molecular weight excluding hydrogens is 496 g/mol. The van der Waals surface area contributed by atoms with E-state index in [2.05, 4.69) is 26.4 Å². The van der Waals surface area contributed by atoms with Crippen molar-refractivity contribution in [3.63, 3.8) is 0 Å². The van der Waals surface area contributed by atoms with Gasteiger partial charge >= 0.3 is 6.09 Å². The van der Waals surface area contributed by atoms with E-state index in [0.29, 0.717) is 43.2 Å². The van der Waals surface area contributed by atoms with Crippen molar-refractivity contribution in [2.45, 2.75) is 40.2 Å². The van der Waals surface area contributed by atoms with E-state index in [-0.39, 0.29) is 12.0 Å². The predicted molar refractivity (Wildman–Crippen MR) is 153 cm³/mol. The second-order valence-corrected chi connectivity index (χ2v) is 11.1. The van der Waals surface area contributed by atoms with E-state index in [0.717, 1.165) is 38.8 Å². The van der Waals surface area contributed by atoms with Crippen LogP contribution in [0.4, 0.5) is 16.2 Å². The van der Waals surface area contributed by atoms with E-state index < -0.39 is 5.60 Å². The van der Waals surface area contributed by atoms with Crippen molar-refractivity contribution in [1.82, 2.24) is 19.7 Å². The van der Waals surface area contributed by atoms with Gasteiger partial charge in [-0.25, -0.2) is 4.79 Å². The van der Waals surface area contributed by atoms with Crippen LogP contribution in [0.3, 0.4) is 0 Å². The minimum Gasteiger partial charge on any atom is -0.494 e. The van der Waals surface area contributed by atoms with Gasteiger partial charge in [0.25, 0.3) is 5.91 Å². The summed E-state index contributed by atoms with van der Waals surface area (Å²) in [5, 5.41) is 9.47. The molecule has 2 aromatic heterocycles. The van der Waals surface area contributed by atoms with E-state index in [1.165, 1.54) is 0 Å². The van der Waals surface area contributed by atoms with Crippen LogP contribution in [0, 0.1) is 13.8 Å². The number of anilines is 2. The molecule has 1 aliphatic heterocycles. The summed E-state index contributed by atoms with van der Waals surface area (Å²) >= 11 is 0. The average Bonchev–Trinajstić information content (AvgIpc) is 3.44. The van der Waals surface area contributed by atoms with Crippen LogP contribution >= 0.6 is 0 Å². The fourth-order valence-corrected chi connectivity index (χ4v) is 5.24. The van der Waals surface area contributed by atoms with E-state index in [4.69, 9.17) is 9.47 Å². The highest BCUT2D eigenvalue weighted by Crippen LogP contribution is 2.36. The quantitative estimate of drug-likeness (QED) is 0.384. The van der Waals surface area contributed by atoms with Crippen LogP contribution in [-0.4, -0.2) is 70.6 Å². The van der Waals surface area contributed by atoms with E-state index in [1.54, 1.807) is 16.7 Å². The minimum absolute atomic E-state index is 0.232. The van der Waals surface area contributed by atoms with Gasteiger partial charge in [-0.15, -0.1) is 0 Å². The van der Waals surface area contributed by atoms with Gasteiger partial charge in [-0.1, -0.05) is 0 Å². The molecule has 39 heavy (non-hydrogen) atoms. The van der Waals surface area contributed by atoms with Gasteiger partial charge in [-0.05, 0) is 58.9 Å². The zero-order valence-electron chi connectivity index (χ0n) is 23.6. The molecule has 206 valence electrons. The second-order valence-electron chi connectivity index (χ2n) is 11.1. The number of piperazine rings is 1. The molecule has 0 aliphatic carbocycles. The Hall–Kier alpha value is -4.21. The largest absolute Gasteiger partial charge is 0.494 e. The SMILES string of the molecule is COc1c(NC(=O)c2ccc(N3CCN(C(=O)OC(C)(C)C)CC3)c3cc(C)[nH]c23)cc2cn(C)nc2c1C. The van der Waals surface area contributed by atoms with Crippen molar-refractivity contribution in [2.75, 3.05) is 43.5 Å². The number of hydrogen-bond donors (Lipinski definition) is 2. The van der Waals surface area contributed by atoms with E-state index in [9.17, 15) is 9.59 Å². The first-order chi connectivity index (χ1) is 18.4. The van der Waals surface area contributed by atoms with Crippen LogP contribution in [0.5, 0.6) is 5.75 Å². The van der Waals surface area contributed by atoms with Gasteiger partial charge in [0, 0.05) is 67.1 Å². The molecule has 0 atom stereocenters. The monoisotopic (exact) mass is 532 g/mol. The summed E-state index contributed by atoms with van der Waals surface area (Å²) in [4.78, 5) is 33.5. The second kappa shape index (κ2) is 9.83. The highest BCUT2D eigenvalue weighted by atomic mass is 16.6. The molecule has 1 fully saturated rings. The Kier molecular flexibility index (Phi) is 6.65. The van der Waals surface area contributed by atoms with Crippen molar-refractivity contribution in [1.29, 1.82) is 0 Å². The first kappa shape index (κ1) is 26.4. The third-order valence-electron chi connectivity index (χ3n) is 6.97. The summed E-state index contributed by atoms with van der Waals surface area (Å²) in [6, 6.07) is 7.79. The third-order valence-corrected chi connectivity index (χ3v) is 6.97. The Morgan fingerprint density at radius 2 is 1.79 bits per heavy atom. The van der Waals surface area contributed by atoms with Gasteiger partial charge in [-0.3, -0.25) is 9.48 Å². The molecule has 10 nitrogen and oxygen atoms in total. The van der Waals surface area contributed by atoms with Crippen molar-refractivity contribution in [3.8, 4) is 5.75 Å². The molecule has 0 radical (unpaired) electrons. The summed E-state index contributed by atoms with van der Waals surface area (Å²) < 4.78 is 12.9. The number of ether oxygens (including phenoxy) is 2. The predicted octanol–water partition coefficient (Wildman–Crippen LogP) is 4.99. The first-order valence-corrected chi connectivity index (χ1v) is 13.1. The molecular formula is C29H36N6O4. The maximum atomic E-state index is 13.6. The number of rotatable bonds is 4. The Labute approximate surface area is 227 Å². The van der Waals surface area contributed by atoms with Crippen molar-refractivity contribution in [3.05, 3.63) is 47.3 Å². The van der Waals surface area contributed by atoms with Gasteiger partial charge in [0.2, 0.25) is 0 Å². The minimum atomic E-state index is -0.522. The van der Waals surface area contributed by atoms with Crippen molar-refractivity contribution < 1.29 is 19.1 Å². The lowest BCUT2D eigenvalue weighted by Crippen LogP contribution is -2.50. The number of aromatic amines is 1. The summed E-state index contributed by atoms with van der Waals surface area (Å²) in [6.07, 6.45) is 1.63. The highest BCUT2D eigenvalue weighted by Gasteiger charge is 2.27. The summed E-state index contributed by atoms with van der Waals surface area (Å²) in [6.45, 7) is 12.0. The van der Waals surface area contributed by atoms with Gasteiger partial charge in [0.1, 0.15) is 11.4 Å². The number of fused-ring (bicyclic) bond motifs is 2. The van der Waals surface area contributed by atoms with E-state index in [1.807, 2.05) is 66.1 Å². The van der Waals surface area contributed by atoms with Crippen LogP contribution in [0.2, 0.25) is 0 Å². The zero-order chi connectivity index (χ0) is 28.1.